The van der Waals surface area contributed by atoms with E-state index in [-0.39, 0.29) is 0 Å². The minimum absolute atomic E-state index is 0.692. The molecule has 3 heteroatoms. The Morgan fingerprint density at radius 2 is 1.30 bits per heavy atom. The summed E-state index contributed by atoms with van der Waals surface area (Å²) in [5.41, 5.74) is 2.49. The van der Waals surface area contributed by atoms with E-state index in [2.05, 4.69) is 50.2 Å². The molecular weight excluding hydrogens is 268 g/mol. The highest BCUT2D eigenvalue weighted by Crippen LogP contribution is 2.41. The summed E-state index contributed by atoms with van der Waals surface area (Å²) in [4.78, 5) is 2.31. The molecular formula is C17H18O2S. The van der Waals surface area contributed by atoms with Crippen LogP contribution >= 0.6 is 11.8 Å². The lowest BCUT2D eigenvalue weighted by Crippen LogP contribution is -2.07. The lowest BCUT2D eigenvalue weighted by molar-refractivity contribution is 0.240. The number of fused-ring (bicyclic) bond motifs is 2. The second-order valence-electron chi connectivity index (χ2n) is 5.05. The molecule has 20 heavy (non-hydrogen) atoms. The third-order valence-electron chi connectivity index (χ3n) is 3.22. The van der Waals surface area contributed by atoms with Gasteiger partial charge in [-0.1, -0.05) is 23.9 Å². The van der Waals surface area contributed by atoms with Gasteiger partial charge in [0.15, 0.2) is 0 Å². The molecule has 0 amide bonds. The number of aryl methyl sites for hydroxylation is 2. The Kier molecular flexibility index (Phi) is 3.88. The number of ether oxygens (including phenoxy) is 2. The molecule has 0 bridgehead atoms. The number of rotatable bonds is 0. The molecule has 2 aromatic rings. The predicted molar refractivity (Wildman–Crippen MR) is 82.1 cm³/mol. The summed E-state index contributed by atoms with van der Waals surface area (Å²) in [6.07, 6.45) is 0.894. The van der Waals surface area contributed by atoms with Gasteiger partial charge in [-0.3, -0.25) is 0 Å². The first kappa shape index (κ1) is 13.4. The van der Waals surface area contributed by atoms with Gasteiger partial charge in [0.2, 0.25) is 0 Å². The molecule has 0 saturated heterocycles. The van der Waals surface area contributed by atoms with E-state index < -0.39 is 0 Å². The van der Waals surface area contributed by atoms with Crippen LogP contribution in [0.2, 0.25) is 0 Å². The second kappa shape index (κ2) is 5.80. The first-order valence-electron chi connectivity index (χ1n) is 6.87. The normalized spacial score (nSPS) is 14.5. The highest BCUT2D eigenvalue weighted by Gasteiger charge is 2.12. The fourth-order valence-corrected chi connectivity index (χ4v) is 3.35. The van der Waals surface area contributed by atoms with Crippen LogP contribution in [0, 0.1) is 13.8 Å². The molecule has 2 aromatic carbocycles. The van der Waals surface area contributed by atoms with E-state index in [0.29, 0.717) is 13.2 Å². The standard InChI is InChI=1S/C17H18O2S/c1-12-4-6-14-16(10-12)20-17-11-13(2)5-7-15(17)19-9-3-8-18-14/h4-7,10-11H,3,8-9H2,1-2H3. The van der Waals surface area contributed by atoms with Crippen molar-refractivity contribution in [3.8, 4) is 11.5 Å². The largest absolute Gasteiger partial charge is 0.492 e. The van der Waals surface area contributed by atoms with Gasteiger partial charge in [0.05, 0.1) is 23.0 Å². The molecule has 1 heterocycles. The maximum Gasteiger partial charge on any atom is 0.133 e. The predicted octanol–water partition coefficient (Wildman–Crippen LogP) is 4.62. The van der Waals surface area contributed by atoms with Crippen molar-refractivity contribution in [1.82, 2.24) is 0 Å². The summed E-state index contributed by atoms with van der Waals surface area (Å²) in [5.74, 6) is 1.94. The maximum absolute atomic E-state index is 5.86. The molecule has 1 aliphatic rings. The number of hydrogen-bond donors (Lipinski definition) is 0. The quantitative estimate of drug-likeness (QED) is 0.704. The Balaban J connectivity index is 2.05. The van der Waals surface area contributed by atoms with E-state index in [1.807, 2.05) is 0 Å². The molecule has 0 saturated carbocycles. The average molecular weight is 286 g/mol. The fourth-order valence-electron chi connectivity index (χ4n) is 2.17. The van der Waals surface area contributed by atoms with E-state index >= 15 is 0 Å². The topological polar surface area (TPSA) is 18.5 Å². The zero-order valence-corrected chi connectivity index (χ0v) is 12.6. The van der Waals surface area contributed by atoms with Gasteiger partial charge in [-0.25, -0.2) is 0 Å². The SMILES string of the molecule is Cc1ccc2c(c1)Sc1cc(C)ccc1OCCCO2. The Hall–Kier alpha value is -1.61. The number of benzene rings is 2. The van der Waals surface area contributed by atoms with Gasteiger partial charge in [0.25, 0.3) is 0 Å². The second-order valence-corrected chi connectivity index (χ2v) is 6.14. The molecule has 0 radical (unpaired) electrons. The molecule has 1 aliphatic heterocycles. The van der Waals surface area contributed by atoms with Crippen LogP contribution in [-0.2, 0) is 0 Å². The fraction of sp³-hybridized carbons (Fsp3) is 0.294. The smallest absolute Gasteiger partial charge is 0.133 e. The Morgan fingerprint density at radius 3 is 1.80 bits per heavy atom. The van der Waals surface area contributed by atoms with Crippen LogP contribution in [0.5, 0.6) is 11.5 Å². The maximum atomic E-state index is 5.86. The summed E-state index contributed by atoms with van der Waals surface area (Å²) in [6, 6.07) is 12.7. The molecule has 0 N–H and O–H groups in total. The van der Waals surface area contributed by atoms with Crippen LogP contribution in [0.15, 0.2) is 46.2 Å². The van der Waals surface area contributed by atoms with E-state index in [4.69, 9.17) is 9.47 Å². The van der Waals surface area contributed by atoms with Crippen molar-refractivity contribution in [3.05, 3.63) is 47.5 Å². The highest BCUT2D eigenvalue weighted by atomic mass is 32.2. The van der Waals surface area contributed by atoms with Crippen LogP contribution in [0.1, 0.15) is 17.5 Å². The third kappa shape index (κ3) is 2.93. The van der Waals surface area contributed by atoms with Gasteiger partial charge in [-0.2, -0.15) is 0 Å². The Labute approximate surface area is 124 Å². The van der Waals surface area contributed by atoms with Crippen molar-refractivity contribution in [2.45, 2.75) is 30.1 Å². The van der Waals surface area contributed by atoms with Crippen molar-refractivity contribution in [2.75, 3.05) is 13.2 Å². The molecule has 0 atom stereocenters. The van der Waals surface area contributed by atoms with E-state index in [1.165, 1.54) is 11.1 Å². The van der Waals surface area contributed by atoms with Gasteiger partial charge in [0.1, 0.15) is 11.5 Å². The summed E-state index contributed by atoms with van der Waals surface area (Å²) in [6.45, 7) is 5.59. The molecule has 2 nitrogen and oxygen atoms in total. The van der Waals surface area contributed by atoms with Crippen LogP contribution in [-0.4, -0.2) is 13.2 Å². The van der Waals surface area contributed by atoms with Crippen molar-refractivity contribution in [3.63, 3.8) is 0 Å². The van der Waals surface area contributed by atoms with Gasteiger partial charge < -0.3 is 9.47 Å². The van der Waals surface area contributed by atoms with Crippen molar-refractivity contribution in [1.29, 1.82) is 0 Å². The highest BCUT2D eigenvalue weighted by molar-refractivity contribution is 7.99. The Morgan fingerprint density at radius 1 is 0.800 bits per heavy atom. The van der Waals surface area contributed by atoms with Gasteiger partial charge >= 0.3 is 0 Å². The molecule has 0 aliphatic carbocycles. The lowest BCUT2D eigenvalue weighted by atomic mass is 10.2. The van der Waals surface area contributed by atoms with Gasteiger partial charge in [0, 0.05) is 6.42 Å². The van der Waals surface area contributed by atoms with Crippen LogP contribution < -0.4 is 9.47 Å². The van der Waals surface area contributed by atoms with Crippen LogP contribution in [0.3, 0.4) is 0 Å². The minimum Gasteiger partial charge on any atom is -0.492 e. The zero-order chi connectivity index (χ0) is 13.9. The average Bonchev–Trinajstić information content (AvgIpc) is 2.43. The molecule has 3 rings (SSSR count). The summed E-state index contributed by atoms with van der Waals surface area (Å²) in [7, 11) is 0. The minimum atomic E-state index is 0.692. The van der Waals surface area contributed by atoms with Crippen molar-refractivity contribution >= 4 is 11.8 Å². The number of hydrogen-bond acceptors (Lipinski definition) is 3. The molecule has 0 aromatic heterocycles. The van der Waals surface area contributed by atoms with Gasteiger partial charge in [-0.15, -0.1) is 0 Å². The summed E-state index contributed by atoms with van der Waals surface area (Å²) in [5, 5.41) is 0. The zero-order valence-electron chi connectivity index (χ0n) is 11.8. The molecule has 104 valence electrons. The van der Waals surface area contributed by atoms with Gasteiger partial charge in [-0.05, 0) is 49.2 Å². The first-order chi connectivity index (χ1) is 9.72. The van der Waals surface area contributed by atoms with E-state index in [9.17, 15) is 0 Å². The third-order valence-corrected chi connectivity index (χ3v) is 4.30. The lowest BCUT2D eigenvalue weighted by Gasteiger charge is -2.17. The monoisotopic (exact) mass is 286 g/mol. The molecule has 0 unspecified atom stereocenters. The van der Waals surface area contributed by atoms with Crippen LogP contribution in [0.4, 0.5) is 0 Å². The first-order valence-corrected chi connectivity index (χ1v) is 7.69. The van der Waals surface area contributed by atoms with Crippen LogP contribution in [0.25, 0.3) is 0 Å². The Bertz CT molecular complexity index is 569. The van der Waals surface area contributed by atoms with E-state index in [1.54, 1.807) is 11.8 Å². The molecule has 0 fully saturated rings. The molecule has 0 spiro atoms. The van der Waals surface area contributed by atoms with Crippen molar-refractivity contribution < 1.29 is 9.47 Å². The summed E-state index contributed by atoms with van der Waals surface area (Å²) >= 11 is 1.72. The van der Waals surface area contributed by atoms with Crippen molar-refractivity contribution in [2.24, 2.45) is 0 Å². The summed E-state index contributed by atoms with van der Waals surface area (Å²) < 4.78 is 11.7. The van der Waals surface area contributed by atoms with E-state index in [0.717, 1.165) is 27.7 Å².